The van der Waals surface area contributed by atoms with Gasteiger partial charge in [0, 0.05) is 17.5 Å². The quantitative estimate of drug-likeness (QED) is 0.207. The predicted molar refractivity (Wildman–Crippen MR) is 150 cm³/mol. The first kappa shape index (κ1) is 26.2. The zero-order valence-corrected chi connectivity index (χ0v) is 22.3. The minimum Gasteiger partial charge on any atom is -0.316 e. The Morgan fingerprint density at radius 2 is 1.50 bits per heavy atom. The molecular weight excluding hydrogens is 432 g/mol. The van der Waals surface area contributed by atoms with E-state index in [1.54, 1.807) is 11.3 Å². The topological polar surface area (TPSA) is 17.3 Å². The van der Waals surface area contributed by atoms with Crippen LogP contribution < -0.4 is 4.80 Å². The third-order valence-corrected chi connectivity index (χ3v) is 7.39. The molecular formula is C31H42N2S. The van der Waals surface area contributed by atoms with Crippen molar-refractivity contribution in [1.29, 1.82) is 0 Å². The first-order valence-corrected chi connectivity index (χ1v) is 14.0. The lowest BCUT2D eigenvalue weighted by Gasteiger charge is -2.12. The van der Waals surface area contributed by atoms with Crippen LogP contribution in [0.25, 0.3) is 17.0 Å². The Morgan fingerprint density at radius 3 is 2.15 bits per heavy atom. The molecule has 0 spiro atoms. The molecule has 0 saturated carbocycles. The highest BCUT2D eigenvalue weighted by molar-refractivity contribution is 7.07. The second kappa shape index (κ2) is 14.1. The lowest BCUT2D eigenvalue weighted by molar-refractivity contribution is 0.533. The van der Waals surface area contributed by atoms with E-state index in [1.165, 1.54) is 86.6 Å². The molecule has 0 radical (unpaired) electrons. The van der Waals surface area contributed by atoms with E-state index in [0.717, 1.165) is 22.6 Å². The van der Waals surface area contributed by atoms with E-state index in [1.807, 2.05) is 18.2 Å². The highest BCUT2D eigenvalue weighted by atomic mass is 32.1. The van der Waals surface area contributed by atoms with Crippen LogP contribution in [-0.2, 0) is 6.54 Å². The summed E-state index contributed by atoms with van der Waals surface area (Å²) in [6.45, 7) is 11.9. The lowest BCUT2D eigenvalue weighted by Crippen LogP contribution is -2.16. The molecule has 0 aliphatic carbocycles. The fourth-order valence-electron chi connectivity index (χ4n) is 4.52. The van der Waals surface area contributed by atoms with Gasteiger partial charge in [-0.15, -0.1) is 11.3 Å². The minimum atomic E-state index is 0.825. The van der Waals surface area contributed by atoms with Crippen molar-refractivity contribution in [2.45, 2.75) is 91.5 Å². The summed E-state index contributed by atoms with van der Waals surface area (Å²) < 4.78 is 2.42. The van der Waals surface area contributed by atoms with Crippen molar-refractivity contribution in [2.24, 2.45) is 4.99 Å². The summed E-state index contributed by atoms with van der Waals surface area (Å²) in [5, 5.41) is 2.27. The average molecular weight is 475 g/mol. The van der Waals surface area contributed by atoms with Crippen LogP contribution in [0.2, 0.25) is 0 Å². The smallest absolute Gasteiger partial charge is 0.190 e. The van der Waals surface area contributed by atoms with Crippen LogP contribution >= 0.6 is 11.3 Å². The summed E-state index contributed by atoms with van der Waals surface area (Å²) in [4.78, 5) is 6.01. The summed E-state index contributed by atoms with van der Waals surface area (Å²) in [5.74, 6) is 0. The van der Waals surface area contributed by atoms with Crippen molar-refractivity contribution in [3.63, 3.8) is 0 Å². The Balaban J connectivity index is 1.69. The van der Waals surface area contributed by atoms with E-state index in [9.17, 15) is 0 Å². The standard InChI is InChI=1S/C31H42N2S/c1-5-6-7-8-9-10-11-12-13-17-22-33-30(29-21-20-25(2)23-26(29)3)24-34-31(33)32-27(4)28-18-15-14-16-19-28/h14-16,18-21,23-24H,4-13,17,22H2,1-3H3. The summed E-state index contributed by atoms with van der Waals surface area (Å²) in [6.07, 6.45) is 13.5. The van der Waals surface area contributed by atoms with Gasteiger partial charge in [0.1, 0.15) is 0 Å². The summed E-state index contributed by atoms with van der Waals surface area (Å²) in [5.41, 5.74) is 7.11. The number of aromatic nitrogens is 1. The van der Waals surface area contributed by atoms with Gasteiger partial charge in [0.25, 0.3) is 0 Å². The van der Waals surface area contributed by atoms with Crippen molar-refractivity contribution in [2.75, 3.05) is 0 Å². The van der Waals surface area contributed by atoms with E-state index < -0.39 is 0 Å². The molecule has 0 N–H and O–H groups in total. The van der Waals surface area contributed by atoms with Gasteiger partial charge in [0.2, 0.25) is 0 Å². The number of thiazole rings is 1. The molecule has 0 fully saturated rings. The summed E-state index contributed by atoms with van der Waals surface area (Å²) >= 11 is 1.72. The third kappa shape index (κ3) is 7.84. The molecule has 2 nitrogen and oxygen atoms in total. The summed E-state index contributed by atoms with van der Waals surface area (Å²) in [7, 11) is 0. The Bertz CT molecular complexity index is 1090. The van der Waals surface area contributed by atoms with Gasteiger partial charge >= 0.3 is 0 Å². The van der Waals surface area contributed by atoms with Crippen LogP contribution in [0.1, 0.15) is 87.8 Å². The number of hydrogen-bond donors (Lipinski definition) is 0. The Morgan fingerprint density at radius 1 is 0.853 bits per heavy atom. The van der Waals surface area contributed by atoms with Gasteiger partial charge in [-0.3, -0.25) is 0 Å². The van der Waals surface area contributed by atoms with Crippen molar-refractivity contribution >= 4 is 17.0 Å². The number of nitrogens with zero attached hydrogens (tertiary/aromatic N) is 2. The zero-order valence-electron chi connectivity index (χ0n) is 21.5. The molecule has 3 heteroatoms. The molecule has 3 rings (SSSR count). The third-order valence-electron chi connectivity index (χ3n) is 6.53. The van der Waals surface area contributed by atoms with Crippen LogP contribution in [0.4, 0.5) is 0 Å². The molecule has 0 saturated heterocycles. The number of rotatable bonds is 14. The minimum absolute atomic E-state index is 0.825. The number of hydrogen-bond acceptors (Lipinski definition) is 2. The van der Waals surface area contributed by atoms with Crippen LogP contribution in [0, 0.1) is 13.8 Å². The molecule has 0 aliphatic heterocycles. The first-order valence-electron chi connectivity index (χ1n) is 13.1. The largest absolute Gasteiger partial charge is 0.316 e. The van der Waals surface area contributed by atoms with Crippen molar-refractivity contribution < 1.29 is 0 Å². The second-order valence-corrected chi connectivity index (χ2v) is 10.3. The fraction of sp³-hybridized carbons (Fsp3) is 0.452. The molecule has 0 aliphatic rings. The fourth-order valence-corrected chi connectivity index (χ4v) is 5.47. The van der Waals surface area contributed by atoms with Crippen LogP contribution in [0.3, 0.4) is 0 Å². The lowest BCUT2D eigenvalue weighted by atomic mass is 10.0. The number of unbranched alkanes of at least 4 members (excludes halogenated alkanes) is 9. The second-order valence-electron chi connectivity index (χ2n) is 9.48. The van der Waals surface area contributed by atoms with E-state index in [-0.39, 0.29) is 0 Å². The maximum absolute atomic E-state index is 4.97. The van der Waals surface area contributed by atoms with Crippen LogP contribution in [0.15, 0.2) is 65.5 Å². The average Bonchev–Trinajstić information content (AvgIpc) is 3.22. The molecule has 1 heterocycles. The normalized spacial score (nSPS) is 11.8. The number of aryl methyl sites for hydroxylation is 2. The predicted octanol–water partition coefficient (Wildman–Crippen LogP) is 9.33. The molecule has 0 atom stereocenters. The van der Waals surface area contributed by atoms with Gasteiger partial charge in [0.15, 0.2) is 4.80 Å². The molecule has 34 heavy (non-hydrogen) atoms. The molecule has 0 amide bonds. The van der Waals surface area contributed by atoms with Crippen molar-refractivity contribution in [3.8, 4) is 11.3 Å². The SMILES string of the molecule is C=C(N=c1scc(-c2ccc(C)cc2C)n1CCCCCCCCCCCC)c1ccccc1. The van der Waals surface area contributed by atoms with Gasteiger partial charge in [0.05, 0.1) is 11.4 Å². The van der Waals surface area contributed by atoms with Gasteiger partial charge in [-0.25, -0.2) is 4.99 Å². The Hall–Kier alpha value is -2.39. The van der Waals surface area contributed by atoms with E-state index >= 15 is 0 Å². The molecule has 2 aromatic carbocycles. The molecule has 0 bridgehead atoms. The van der Waals surface area contributed by atoms with E-state index in [4.69, 9.17) is 4.99 Å². The Labute approximate surface area is 211 Å². The maximum Gasteiger partial charge on any atom is 0.190 e. The zero-order chi connectivity index (χ0) is 24.2. The van der Waals surface area contributed by atoms with E-state index in [0.29, 0.717) is 0 Å². The maximum atomic E-state index is 4.97. The van der Waals surface area contributed by atoms with Crippen molar-refractivity contribution in [3.05, 3.63) is 82.0 Å². The van der Waals surface area contributed by atoms with Gasteiger partial charge in [-0.2, -0.15) is 0 Å². The van der Waals surface area contributed by atoms with Gasteiger partial charge in [-0.05, 0) is 31.4 Å². The first-order chi connectivity index (χ1) is 16.6. The summed E-state index contributed by atoms with van der Waals surface area (Å²) in [6, 6.07) is 17.0. The molecule has 1 aromatic heterocycles. The number of benzene rings is 2. The Kier molecular flexibility index (Phi) is 10.9. The van der Waals surface area contributed by atoms with Gasteiger partial charge < -0.3 is 4.57 Å². The highest BCUT2D eigenvalue weighted by Gasteiger charge is 2.11. The van der Waals surface area contributed by atoms with Gasteiger partial charge in [-0.1, -0.05) is 125 Å². The van der Waals surface area contributed by atoms with Crippen molar-refractivity contribution in [1.82, 2.24) is 4.57 Å². The molecule has 0 unspecified atom stereocenters. The van der Waals surface area contributed by atoms with Crippen LogP contribution in [-0.4, -0.2) is 4.57 Å². The monoisotopic (exact) mass is 474 g/mol. The van der Waals surface area contributed by atoms with Crippen LogP contribution in [0.5, 0.6) is 0 Å². The highest BCUT2D eigenvalue weighted by Crippen LogP contribution is 2.26. The molecule has 182 valence electrons. The van der Waals surface area contributed by atoms with E-state index in [2.05, 4.69) is 67.6 Å². The molecule has 3 aromatic rings.